The largest absolute Gasteiger partial charge is 0.487 e. The van der Waals surface area contributed by atoms with Crippen LogP contribution >= 0.6 is 11.6 Å². The van der Waals surface area contributed by atoms with E-state index >= 15 is 0 Å². The van der Waals surface area contributed by atoms with Crippen LogP contribution in [0.25, 0.3) is 0 Å². The van der Waals surface area contributed by atoms with Gasteiger partial charge in [0, 0.05) is 60.6 Å². The van der Waals surface area contributed by atoms with Crippen molar-refractivity contribution in [2.24, 2.45) is 4.99 Å². The van der Waals surface area contributed by atoms with Crippen LogP contribution in [0.2, 0.25) is 0 Å². The van der Waals surface area contributed by atoms with E-state index in [9.17, 15) is 13.6 Å². The van der Waals surface area contributed by atoms with Crippen LogP contribution in [0.3, 0.4) is 0 Å². The van der Waals surface area contributed by atoms with Gasteiger partial charge in [0.1, 0.15) is 11.6 Å². The molecule has 1 atom stereocenters. The Bertz CT molecular complexity index is 1100. The zero-order valence-corrected chi connectivity index (χ0v) is 19.5. The number of halogens is 3. The van der Waals surface area contributed by atoms with Crippen LogP contribution in [-0.2, 0) is 0 Å². The molecular formula is C23H25ClF2N6O2. The summed E-state index contributed by atoms with van der Waals surface area (Å²) in [6.07, 6.45) is 6.00. The van der Waals surface area contributed by atoms with E-state index in [0.717, 1.165) is 36.6 Å². The smallest absolute Gasteiger partial charge is 0.420 e. The Labute approximate surface area is 201 Å². The van der Waals surface area contributed by atoms with Crippen molar-refractivity contribution in [2.75, 3.05) is 43.9 Å². The molecule has 1 aromatic carbocycles. The minimum atomic E-state index is -3.80. The fourth-order valence-electron chi connectivity index (χ4n) is 3.89. The highest BCUT2D eigenvalue weighted by Gasteiger charge is 2.29. The van der Waals surface area contributed by atoms with Gasteiger partial charge >= 0.3 is 5.57 Å². The van der Waals surface area contributed by atoms with E-state index in [4.69, 9.17) is 11.6 Å². The molecule has 2 N–H and O–H groups in total. The molecule has 8 nitrogen and oxygen atoms in total. The van der Waals surface area contributed by atoms with E-state index in [1.165, 1.54) is 30.5 Å². The zero-order chi connectivity index (χ0) is 24.3. The number of aliphatic imine (C=N–C) groups is 1. The third kappa shape index (κ3) is 5.81. The average molecular weight is 491 g/mol. The lowest BCUT2D eigenvalue weighted by molar-refractivity contribution is -0.0964. The summed E-state index contributed by atoms with van der Waals surface area (Å²) in [5.74, 6) is 0.285. The first-order valence-corrected chi connectivity index (χ1v) is 11.1. The molecule has 1 amide bonds. The Balaban J connectivity index is 1.56. The summed E-state index contributed by atoms with van der Waals surface area (Å²) in [5, 5.41) is 5.89. The number of hydrogen-bond donors (Lipinski definition) is 2. The topological polar surface area (TPSA) is 82.1 Å². The summed E-state index contributed by atoms with van der Waals surface area (Å²) in [6.45, 7) is 2.22. The Hall–Kier alpha value is -3.24. The summed E-state index contributed by atoms with van der Waals surface area (Å²) in [4.78, 5) is 26.5. The molecular weight excluding hydrogens is 466 g/mol. The SMILES string of the molecule is CN(C)C1CCN(c2ncc(C(=O)Nc3ccc(OC(F)(F)Cl)cc3)cc2C2=NC=CNC2)C1. The number of hydrogen-bond acceptors (Lipinski definition) is 7. The van der Waals surface area contributed by atoms with Crippen molar-refractivity contribution in [1.82, 2.24) is 15.2 Å². The Morgan fingerprint density at radius 1 is 1.32 bits per heavy atom. The number of likely N-dealkylation sites (N-methyl/N-ethyl adjacent to an activating group) is 1. The molecule has 1 saturated heterocycles. The number of anilines is 2. The molecule has 2 aliphatic rings. The van der Waals surface area contributed by atoms with Crippen LogP contribution in [0.15, 0.2) is 53.9 Å². The Morgan fingerprint density at radius 2 is 2.09 bits per heavy atom. The fraction of sp³-hybridized carbons (Fsp3) is 0.348. The van der Waals surface area contributed by atoms with Gasteiger partial charge in [-0.25, -0.2) is 4.98 Å². The van der Waals surface area contributed by atoms with Gasteiger partial charge in [-0.05, 0) is 50.8 Å². The number of nitrogens with one attached hydrogen (secondary N) is 2. The first-order chi connectivity index (χ1) is 16.2. The van der Waals surface area contributed by atoms with Gasteiger partial charge in [-0.1, -0.05) is 0 Å². The molecule has 1 unspecified atom stereocenters. The first-order valence-electron chi connectivity index (χ1n) is 10.7. The Kier molecular flexibility index (Phi) is 6.99. The van der Waals surface area contributed by atoms with Crippen molar-refractivity contribution in [2.45, 2.75) is 18.0 Å². The predicted molar refractivity (Wildman–Crippen MR) is 128 cm³/mol. The van der Waals surface area contributed by atoms with E-state index in [1.54, 1.807) is 18.5 Å². The molecule has 1 fully saturated rings. The van der Waals surface area contributed by atoms with Crippen LogP contribution in [0.5, 0.6) is 5.75 Å². The molecule has 180 valence electrons. The van der Waals surface area contributed by atoms with Crippen molar-refractivity contribution in [3.8, 4) is 5.75 Å². The van der Waals surface area contributed by atoms with Crippen molar-refractivity contribution >= 4 is 34.7 Å². The number of aromatic nitrogens is 1. The van der Waals surface area contributed by atoms with Crippen LogP contribution in [0.4, 0.5) is 20.3 Å². The average Bonchev–Trinajstić information content (AvgIpc) is 3.30. The molecule has 0 spiro atoms. The van der Waals surface area contributed by atoms with E-state index in [0.29, 0.717) is 23.8 Å². The molecule has 0 radical (unpaired) electrons. The van der Waals surface area contributed by atoms with Gasteiger partial charge < -0.3 is 25.2 Å². The van der Waals surface area contributed by atoms with Crippen LogP contribution < -0.4 is 20.3 Å². The first kappa shape index (κ1) is 23.9. The molecule has 1 aromatic heterocycles. The van der Waals surface area contributed by atoms with Gasteiger partial charge in [-0.3, -0.25) is 9.79 Å². The number of carbonyl (C=O) groups is 1. The summed E-state index contributed by atoms with van der Waals surface area (Å²) < 4.78 is 29.8. The number of amides is 1. The molecule has 3 heterocycles. The summed E-state index contributed by atoms with van der Waals surface area (Å²) in [7, 11) is 4.13. The highest BCUT2D eigenvalue weighted by atomic mass is 35.5. The Morgan fingerprint density at radius 3 is 2.71 bits per heavy atom. The number of nitrogens with zero attached hydrogens (tertiary/aromatic N) is 4. The lowest BCUT2D eigenvalue weighted by Gasteiger charge is -2.24. The molecule has 11 heteroatoms. The lowest BCUT2D eigenvalue weighted by atomic mass is 10.1. The predicted octanol–water partition coefficient (Wildman–Crippen LogP) is 3.51. The number of benzene rings is 1. The van der Waals surface area contributed by atoms with E-state index in [-0.39, 0.29) is 11.7 Å². The lowest BCUT2D eigenvalue weighted by Crippen LogP contribution is -2.33. The van der Waals surface area contributed by atoms with Gasteiger partial charge in [0.05, 0.1) is 17.8 Å². The quantitative estimate of drug-likeness (QED) is 0.578. The molecule has 0 aliphatic carbocycles. The van der Waals surface area contributed by atoms with Gasteiger partial charge in [0.2, 0.25) is 0 Å². The van der Waals surface area contributed by atoms with Gasteiger partial charge in [-0.15, -0.1) is 8.78 Å². The maximum absolute atomic E-state index is 12.9. The third-order valence-electron chi connectivity index (χ3n) is 5.67. The molecule has 4 rings (SSSR count). The normalized spacial score (nSPS) is 18.0. The molecule has 2 aliphatic heterocycles. The highest BCUT2D eigenvalue weighted by Crippen LogP contribution is 2.28. The second-order valence-corrected chi connectivity index (χ2v) is 8.69. The number of pyridine rings is 1. The van der Waals surface area contributed by atoms with Gasteiger partial charge in [0.25, 0.3) is 5.91 Å². The van der Waals surface area contributed by atoms with E-state index in [1.807, 2.05) is 0 Å². The molecule has 0 saturated carbocycles. The highest BCUT2D eigenvalue weighted by molar-refractivity contribution is 6.20. The minimum Gasteiger partial charge on any atom is -0.420 e. The van der Waals surface area contributed by atoms with Crippen molar-refractivity contribution < 1.29 is 18.3 Å². The number of rotatable bonds is 7. The van der Waals surface area contributed by atoms with Crippen LogP contribution in [0.1, 0.15) is 22.3 Å². The van der Waals surface area contributed by atoms with Crippen molar-refractivity contribution in [3.63, 3.8) is 0 Å². The van der Waals surface area contributed by atoms with Crippen LogP contribution in [-0.4, -0.2) is 66.8 Å². The van der Waals surface area contributed by atoms with E-state index < -0.39 is 5.57 Å². The maximum Gasteiger partial charge on any atom is 0.487 e. The third-order valence-corrected chi connectivity index (χ3v) is 5.75. The maximum atomic E-state index is 12.9. The molecule has 2 aromatic rings. The van der Waals surface area contributed by atoms with Gasteiger partial charge in [0.15, 0.2) is 0 Å². The van der Waals surface area contributed by atoms with Crippen molar-refractivity contribution in [3.05, 3.63) is 60.1 Å². The fourth-order valence-corrected chi connectivity index (χ4v) is 3.98. The second-order valence-electron chi connectivity index (χ2n) is 8.25. The number of carbonyl (C=O) groups excluding carboxylic acids is 1. The summed E-state index contributed by atoms with van der Waals surface area (Å²) in [6, 6.07) is 7.69. The minimum absolute atomic E-state index is 0.121. The standard InChI is InChI=1S/C23H25ClF2N6O2/c1-31(2)17-7-10-32(14-17)21-19(20-13-27-8-9-28-20)11-15(12-29-21)22(33)30-16-3-5-18(6-4-16)34-23(24,25)26/h3-6,8-9,11-12,17,27H,7,10,13-14H2,1-2H3,(H,30,33). The number of alkyl halides is 3. The monoisotopic (exact) mass is 490 g/mol. The second kappa shape index (κ2) is 9.94. The number of ether oxygens (including phenoxy) is 1. The van der Waals surface area contributed by atoms with Crippen LogP contribution in [0, 0.1) is 0 Å². The molecule has 34 heavy (non-hydrogen) atoms. The summed E-state index contributed by atoms with van der Waals surface area (Å²) >= 11 is 4.78. The van der Waals surface area contributed by atoms with Gasteiger partial charge in [-0.2, -0.15) is 0 Å². The summed E-state index contributed by atoms with van der Waals surface area (Å²) in [5.41, 5.74) is -1.46. The van der Waals surface area contributed by atoms with E-state index in [2.05, 4.69) is 49.2 Å². The zero-order valence-electron chi connectivity index (χ0n) is 18.8. The molecule has 0 bridgehead atoms. The van der Waals surface area contributed by atoms with Crippen molar-refractivity contribution in [1.29, 1.82) is 0 Å².